The van der Waals surface area contributed by atoms with Crippen LogP contribution in [0.4, 0.5) is 0 Å². The van der Waals surface area contributed by atoms with E-state index in [1.807, 2.05) is 18.2 Å². The lowest BCUT2D eigenvalue weighted by molar-refractivity contribution is 0.200. The normalized spacial score (nSPS) is 17.0. The van der Waals surface area contributed by atoms with Gasteiger partial charge in [0, 0.05) is 36.1 Å². The summed E-state index contributed by atoms with van der Waals surface area (Å²) in [6, 6.07) is 17.4. The molecule has 1 heterocycles. The number of benzene rings is 2. The van der Waals surface area contributed by atoms with Crippen molar-refractivity contribution in [1.29, 1.82) is 0 Å². The number of piperidine rings is 1. The summed E-state index contributed by atoms with van der Waals surface area (Å²) in [5.41, 5.74) is 2.09. The van der Waals surface area contributed by atoms with Crippen LogP contribution in [0, 0.1) is 0 Å². The Hall–Kier alpha value is -1.66. The van der Waals surface area contributed by atoms with E-state index in [4.69, 9.17) is 11.6 Å². The van der Waals surface area contributed by atoms with E-state index in [0.29, 0.717) is 5.02 Å². The van der Waals surface area contributed by atoms with Crippen LogP contribution in [0.15, 0.2) is 60.0 Å². The summed E-state index contributed by atoms with van der Waals surface area (Å²) in [4.78, 5) is 2.36. The monoisotopic (exact) mass is 390 g/mol. The predicted molar refractivity (Wildman–Crippen MR) is 107 cm³/mol. The maximum atomic E-state index is 12.3. The van der Waals surface area contributed by atoms with Crippen molar-refractivity contribution in [1.82, 2.24) is 9.62 Å². The summed E-state index contributed by atoms with van der Waals surface area (Å²) in [5.74, 6) is 0. The van der Waals surface area contributed by atoms with E-state index in [2.05, 4.69) is 21.8 Å². The highest BCUT2D eigenvalue weighted by Gasteiger charge is 2.22. The fourth-order valence-electron chi connectivity index (χ4n) is 3.06. The molecule has 3 rings (SSSR count). The molecule has 0 spiro atoms. The molecule has 0 unspecified atom stereocenters. The fourth-order valence-corrected chi connectivity index (χ4v) is 4.31. The van der Waals surface area contributed by atoms with Crippen LogP contribution in [0.3, 0.4) is 0 Å². The van der Waals surface area contributed by atoms with E-state index < -0.39 is 10.0 Å². The molecule has 2 aromatic rings. The zero-order valence-corrected chi connectivity index (χ0v) is 16.1. The molecule has 138 valence electrons. The zero-order valence-electron chi connectivity index (χ0n) is 14.5. The van der Waals surface area contributed by atoms with Crippen LogP contribution in [-0.4, -0.2) is 32.4 Å². The molecule has 0 saturated carbocycles. The van der Waals surface area contributed by atoms with Gasteiger partial charge in [0.15, 0.2) is 0 Å². The minimum Gasteiger partial charge on any atom is -0.299 e. The Morgan fingerprint density at radius 2 is 1.69 bits per heavy atom. The highest BCUT2D eigenvalue weighted by molar-refractivity contribution is 7.92. The van der Waals surface area contributed by atoms with Crippen molar-refractivity contribution < 1.29 is 8.42 Å². The molecule has 1 N–H and O–H groups in total. The van der Waals surface area contributed by atoms with Gasteiger partial charge in [0.05, 0.1) is 0 Å². The Morgan fingerprint density at radius 1 is 1.04 bits per heavy atom. The number of hydrogen-bond acceptors (Lipinski definition) is 3. The maximum absolute atomic E-state index is 12.3. The Morgan fingerprint density at radius 3 is 2.35 bits per heavy atom. The molecule has 1 fully saturated rings. The highest BCUT2D eigenvalue weighted by Crippen LogP contribution is 2.15. The highest BCUT2D eigenvalue weighted by atomic mass is 35.5. The van der Waals surface area contributed by atoms with E-state index in [1.54, 1.807) is 30.3 Å². The lowest BCUT2D eigenvalue weighted by atomic mass is 10.1. The molecule has 1 aliphatic heterocycles. The minimum atomic E-state index is -3.45. The van der Waals surface area contributed by atoms with Gasteiger partial charge in [0.25, 0.3) is 0 Å². The standard InChI is InChI=1S/C20H23ClN2O2S/c21-19-8-6-17(7-9-19)12-15-26(24,25)22-20-10-13-23(14-11-20)16-18-4-2-1-3-5-18/h1-9,12,15,20,22H,10-11,13-14,16H2/b15-12+. The molecule has 0 amide bonds. The Balaban J connectivity index is 1.49. The van der Waals surface area contributed by atoms with E-state index in [0.717, 1.165) is 38.0 Å². The molecule has 1 aliphatic rings. The number of nitrogens with zero attached hydrogens (tertiary/aromatic N) is 1. The quantitative estimate of drug-likeness (QED) is 0.813. The summed E-state index contributed by atoms with van der Waals surface area (Å²) < 4.78 is 27.3. The van der Waals surface area contributed by atoms with Gasteiger partial charge in [-0.15, -0.1) is 0 Å². The van der Waals surface area contributed by atoms with Crippen LogP contribution in [-0.2, 0) is 16.6 Å². The Bertz CT molecular complexity index is 828. The van der Waals surface area contributed by atoms with Crippen molar-refractivity contribution in [2.75, 3.05) is 13.1 Å². The van der Waals surface area contributed by atoms with Gasteiger partial charge in [-0.2, -0.15) is 0 Å². The lowest BCUT2D eigenvalue weighted by Crippen LogP contribution is -2.43. The second-order valence-electron chi connectivity index (χ2n) is 6.55. The molecule has 0 atom stereocenters. The van der Waals surface area contributed by atoms with Crippen LogP contribution in [0.1, 0.15) is 24.0 Å². The molecule has 4 nitrogen and oxygen atoms in total. The van der Waals surface area contributed by atoms with Crippen molar-refractivity contribution in [3.05, 3.63) is 76.2 Å². The van der Waals surface area contributed by atoms with Crippen LogP contribution in [0.5, 0.6) is 0 Å². The summed E-state index contributed by atoms with van der Waals surface area (Å²) in [5, 5.41) is 1.86. The third kappa shape index (κ3) is 5.95. The molecule has 2 aromatic carbocycles. The maximum Gasteiger partial charge on any atom is 0.233 e. The van der Waals surface area contributed by atoms with Gasteiger partial charge in [0.2, 0.25) is 10.0 Å². The second-order valence-corrected chi connectivity index (χ2v) is 8.59. The smallest absolute Gasteiger partial charge is 0.233 e. The van der Waals surface area contributed by atoms with Gasteiger partial charge in [-0.25, -0.2) is 13.1 Å². The van der Waals surface area contributed by atoms with Gasteiger partial charge in [-0.05, 0) is 42.2 Å². The topological polar surface area (TPSA) is 49.4 Å². The molecule has 0 radical (unpaired) electrons. The number of rotatable bonds is 6. The number of likely N-dealkylation sites (tertiary alicyclic amines) is 1. The summed E-state index contributed by atoms with van der Waals surface area (Å²) in [6.45, 7) is 2.70. The Kier molecular flexibility index (Phi) is 6.48. The minimum absolute atomic E-state index is 0.0121. The first-order chi connectivity index (χ1) is 12.5. The molecule has 0 bridgehead atoms. The van der Waals surface area contributed by atoms with E-state index in [-0.39, 0.29) is 6.04 Å². The third-order valence-corrected chi connectivity index (χ3v) is 5.89. The van der Waals surface area contributed by atoms with Crippen LogP contribution in [0.25, 0.3) is 6.08 Å². The van der Waals surface area contributed by atoms with Crippen LogP contribution >= 0.6 is 11.6 Å². The molecule has 0 aliphatic carbocycles. The number of nitrogens with one attached hydrogen (secondary N) is 1. The van der Waals surface area contributed by atoms with Gasteiger partial charge < -0.3 is 0 Å². The van der Waals surface area contributed by atoms with Crippen molar-refractivity contribution in [3.63, 3.8) is 0 Å². The summed E-state index contributed by atoms with van der Waals surface area (Å²) in [6.07, 6.45) is 3.23. The van der Waals surface area contributed by atoms with Crippen molar-refractivity contribution in [3.8, 4) is 0 Å². The van der Waals surface area contributed by atoms with Crippen molar-refractivity contribution in [2.24, 2.45) is 0 Å². The van der Waals surface area contributed by atoms with Crippen molar-refractivity contribution in [2.45, 2.75) is 25.4 Å². The third-order valence-electron chi connectivity index (χ3n) is 4.48. The first-order valence-corrected chi connectivity index (χ1v) is 10.6. The molecule has 1 saturated heterocycles. The zero-order chi connectivity index (χ0) is 18.4. The average Bonchev–Trinajstić information content (AvgIpc) is 2.64. The predicted octanol–water partition coefficient (Wildman–Crippen LogP) is 3.89. The first-order valence-electron chi connectivity index (χ1n) is 8.72. The molecular formula is C20H23ClN2O2S. The van der Waals surface area contributed by atoms with Gasteiger partial charge in [-0.1, -0.05) is 54.1 Å². The van der Waals surface area contributed by atoms with Gasteiger partial charge in [0.1, 0.15) is 0 Å². The lowest BCUT2D eigenvalue weighted by Gasteiger charge is -2.31. The van der Waals surface area contributed by atoms with Crippen LogP contribution in [0.2, 0.25) is 5.02 Å². The van der Waals surface area contributed by atoms with Crippen molar-refractivity contribution >= 4 is 27.7 Å². The second kappa shape index (κ2) is 8.82. The number of hydrogen-bond donors (Lipinski definition) is 1. The van der Waals surface area contributed by atoms with Crippen LogP contribution < -0.4 is 4.72 Å². The van der Waals surface area contributed by atoms with Gasteiger partial charge >= 0.3 is 0 Å². The largest absolute Gasteiger partial charge is 0.299 e. The molecule has 0 aromatic heterocycles. The van der Waals surface area contributed by atoms with Gasteiger partial charge in [-0.3, -0.25) is 4.90 Å². The number of sulfonamides is 1. The first kappa shape index (κ1) is 19.1. The van der Waals surface area contributed by atoms with E-state index in [9.17, 15) is 8.42 Å². The van der Waals surface area contributed by atoms with E-state index >= 15 is 0 Å². The summed E-state index contributed by atoms with van der Waals surface area (Å²) >= 11 is 5.83. The summed E-state index contributed by atoms with van der Waals surface area (Å²) in [7, 11) is -3.45. The fraction of sp³-hybridized carbons (Fsp3) is 0.300. The average molecular weight is 391 g/mol. The SMILES string of the molecule is O=S(=O)(/C=C/c1ccc(Cl)cc1)NC1CCN(Cc2ccccc2)CC1. The Labute approximate surface area is 160 Å². The molecular weight excluding hydrogens is 368 g/mol. The molecule has 26 heavy (non-hydrogen) atoms. The number of halogens is 1. The molecule has 6 heteroatoms. The van der Waals surface area contributed by atoms with E-state index in [1.165, 1.54) is 11.0 Å².